The van der Waals surface area contributed by atoms with Gasteiger partial charge in [0.1, 0.15) is 11.4 Å². The number of hydrogen-bond acceptors (Lipinski definition) is 5. The number of benzene rings is 2. The summed E-state index contributed by atoms with van der Waals surface area (Å²) < 4.78 is 5.63. The summed E-state index contributed by atoms with van der Waals surface area (Å²) in [6, 6.07) is 14.9. The summed E-state index contributed by atoms with van der Waals surface area (Å²) in [5, 5.41) is 6.02. The van der Waals surface area contributed by atoms with Crippen molar-refractivity contribution in [3.63, 3.8) is 0 Å². The molecule has 3 aromatic rings. The summed E-state index contributed by atoms with van der Waals surface area (Å²) in [5.41, 5.74) is 4.03. The Morgan fingerprint density at radius 1 is 1.04 bits per heavy atom. The van der Waals surface area contributed by atoms with Crippen LogP contribution in [0, 0.1) is 13.8 Å². The summed E-state index contributed by atoms with van der Waals surface area (Å²) in [6.07, 6.45) is 1.68. The molecule has 0 aliphatic rings. The third-order valence-corrected chi connectivity index (χ3v) is 4.22. The highest BCUT2D eigenvalue weighted by atomic mass is 16.5. The maximum atomic E-state index is 12.6. The molecule has 0 saturated heterocycles. The molecule has 6 nitrogen and oxygen atoms in total. The van der Waals surface area contributed by atoms with Crippen LogP contribution in [0.3, 0.4) is 0 Å². The molecule has 0 bridgehead atoms. The van der Waals surface area contributed by atoms with Gasteiger partial charge >= 0.3 is 0 Å². The Hall–Kier alpha value is -3.41. The van der Waals surface area contributed by atoms with E-state index in [9.17, 15) is 4.79 Å². The first-order valence-corrected chi connectivity index (χ1v) is 9.17. The Morgan fingerprint density at radius 2 is 1.79 bits per heavy atom. The van der Waals surface area contributed by atoms with E-state index in [0.29, 0.717) is 5.95 Å². The molecule has 144 valence electrons. The first-order chi connectivity index (χ1) is 13.4. The molecule has 1 heterocycles. The fourth-order valence-electron chi connectivity index (χ4n) is 2.64. The second-order valence-electron chi connectivity index (χ2n) is 6.78. The van der Waals surface area contributed by atoms with Crippen LogP contribution >= 0.6 is 0 Å². The minimum Gasteiger partial charge on any atom is -0.491 e. The lowest BCUT2D eigenvalue weighted by molar-refractivity contribution is 0.102. The van der Waals surface area contributed by atoms with Gasteiger partial charge in [-0.25, -0.2) is 9.97 Å². The van der Waals surface area contributed by atoms with Crippen molar-refractivity contribution in [2.75, 3.05) is 10.6 Å². The van der Waals surface area contributed by atoms with E-state index in [1.807, 2.05) is 70.2 Å². The van der Waals surface area contributed by atoms with Crippen LogP contribution in [-0.2, 0) is 0 Å². The van der Waals surface area contributed by atoms with Crippen LogP contribution in [0.5, 0.6) is 5.75 Å². The summed E-state index contributed by atoms with van der Waals surface area (Å²) in [7, 11) is 0. The van der Waals surface area contributed by atoms with Gasteiger partial charge in [-0.1, -0.05) is 12.1 Å². The van der Waals surface area contributed by atoms with E-state index < -0.39 is 0 Å². The Balaban J connectivity index is 1.71. The number of carbonyl (C=O) groups excluding carboxylic acids is 1. The predicted octanol–water partition coefficient (Wildman–Crippen LogP) is 4.88. The summed E-state index contributed by atoms with van der Waals surface area (Å²) in [4.78, 5) is 21.1. The summed E-state index contributed by atoms with van der Waals surface area (Å²) >= 11 is 0. The molecule has 0 fully saturated rings. The highest BCUT2D eigenvalue weighted by Crippen LogP contribution is 2.20. The number of ether oxygens (including phenoxy) is 1. The average Bonchev–Trinajstić information content (AvgIpc) is 2.67. The molecule has 6 heteroatoms. The van der Waals surface area contributed by atoms with Gasteiger partial charge < -0.3 is 15.4 Å². The fraction of sp³-hybridized carbons (Fsp3) is 0.227. The van der Waals surface area contributed by atoms with Crippen LogP contribution in [-0.4, -0.2) is 22.0 Å². The highest BCUT2D eigenvalue weighted by molar-refractivity contribution is 6.03. The third-order valence-electron chi connectivity index (χ3n) is 4.22. The van der Waals surface area contributed by atoms with Gasteiger partial charge in [0, 0.05) is 17.6 Å². The zero-order valence-electron chi connectivity index (χ0n) is 16.5. The number of anilines is 3. The number of aromatic nitrogens is 2. The molecule has 3 rings (SSSR count). The van der Waals surface area contributed by atoms with Gasteiger partial charge in [0.15, 0.2) is 0 Å². The van der Waals surface area contributed by atoms with Crippen LogP contribution in [0.25, 0.3) is 0 Å². The van der Waals surface area contributed by atoms with Crippen LogP contribution in [0.15, 0.2) is 54.7 Å². The van der Waals surface area contributed by atoms with Crippen molar-refractivity contribution in [3.05, 3.63) is 71.5 Å². The zero-order valence-corrected chi connectivity index (χ0v) is 16.5. The normalized spacial score (nSPS) is 10.6. The van der Waals surface area contributed by atoms with Gasteiger partial charge in [-0.2, -0.15) is 0 Å². The van der Waals surface area contributed by atoms with Gasteiger partial charge in [-0.15, -0.1) is 0 Å². The van der Waals surface area contributed by atoms with E-state index in [1.54, 1.807) is 12.3 Å². The minimum absolute atomic E-state index is 0.120. The molecule has 0 aliphatic heterocycles. The summed E-state index contributed by atoms with van der Waals surface area (Å²) in [5.74, 6) is 0.870. The Kier molecular flexibility index (Phi) is 5.89. The average molecular weight is 376 g/mol. The second-order valence-corrected chi connectivity index (χ2v) is 6.78. The maximum absolute atomic E-state index is 12.6. The van der Waals surface area contributed by atoms with Crippen molar-refractivity contribution in [1.29, 1.82) is 0 Å². The van der Waals surface area contributed by atoms with Gasteiger partial charge in [0.2, 0.25) is 5.95 Å². The first-order valence-electron chi connectivity index (χ1n) is 9.17. The first kappa shape index (κ1) is 19.4. The molecule has 1 amide bonds. The molecule has 2 aromatic carbocycles. The smallest absolute Gasteiger partial charge is 0.274 e. The maximum Gasteiger partial charge on any atom is 0.274 e. The van der Waals surface area contributed by atoms with E-state index in [0.717, 1.165) is 28.3 Å². The van der Waals surface area contributed by atoms with Crippen LogP contribution in [0.4, 0.5) is 17.3 Å². The predicted molar refractivity (Wildman–Crippen MR) is 111 cm³/mol. The van der Waals surface area contributed by atoms with Crippen LogP contribution < -0.4 is 15.4 Å². The zero-order chi connectivity index (χ0) is 20.1. The van der Waals surface area contributed by atoms with Gasteiger partial charge in [0.05, 0.1) is 6.10 Å². The molecular weight excluding hydrogens is 352 g/mol. The molecule has 0 atom stereocenters. The minimum atomic E-state index is -0.278. The number of amides is 1. The quantitative estimate of drug-likeness (QED) is 0.641. The van der Waals surface area contributed by atoms with Crippen molar-refractivity contribution >= 4 is 23.2 Å². The fourth-order valence-corrected chi connectivity index (χ4v) is 2.64. The molecule has 0 saturated carbocycles. The molecular formula is C22H24N4O2. The monoisotopic (exact) mass is 376 g/mol. The number of rotatable bonds is 6. The molecule has 1 aromatic heterocycles. The highest BCUT2D eigenvalue weighted by Gasteiger charge is 2.11. The Morgan fingerprint density at radius 3 is 2.50 bits per heavy atom. The molecule has 0 aliphatic carbocycles. The number of hydrogen-bond donors (Lipinski definition) is 2. The van der Waals surface area contributed by atoms with Crippen molar-refractivity contribution < 1.29 is 9.53 Å². The van der Waals surface area contributed by atoms with E-state index in [-0.39, 0.29) is 17.7 Å². The lowest BCUT2D eigenvalue weighted by atomic mass is 10.1. The van der Waals surface area contributed by atoms with Crippen molar-refractivity contribution in [2.45, 2.75) is 33.8 Å². The standard InChI is InChI=1S/C22H24N4O2/c1-14(2)28-18-10-8-17(9-11-18)24-22-23-13-12-20(26-22)21(27)25-19-7-5-6-15(3)16(19)4/h5-14H,1-4H3,(H,25,27)(H,23,24,26). The molecule has 0 unspecified atom stereocenters. The van der Waals surface area contributed by atoms with E-state index in [4.69, 9.17) is 4.74 Å². The van der Waals surface area contributed by atoms with Crippen molar-refractivity contribution in [3.8, 4) is 5.75 Å². The molecule has 0 radical (unpaired) electrons. The number of nitrogens with one attached hydrogen (secondary N) is 2. The topological polar surface area (TPSA) is 76.1 Å². The van der Waals surface area contributed by atoms with E-state index >= 15 is 0 Å². The van der Waals surface area contributed by atoms with Gasteiger partial charge in [-0.3, -0.25) is 4.79 Å². The van der Waals surface area contributed by atoms with Crippen molar-refractivity contribution in [2.24, 2.45) is 0 Å². The van der Waals surface area contributed by atoms with Crippen LogP contribution in [0.1, 0.15) is 35.5 Å². The number of aryl methyl sites for hydroxylation is 1. The van der Waals surface area contributed by atoms with Gasteiger partial charge in [-0.05, 0) is 75.2 Å². The summed E-state index contributed by atoms with van der Waals surface area (Å²) in [6.45, 7) is 7.95. The van der Waals surface area contributed by atoms with Crippen LogP contribution in [0.2, 0.25) is 0 Å². The third kappa shape index (κ3) is 4.85. The molecule has 28 heavy (non-hydrogen) atoms. The van der Waals surface area contributed by atoms with E-state index in [1.165, 1.54) is 0 Å². The Bertz CT molecular complexity index is 969. The Labute approximate surface area is 165 Å². The molecule has 0 spiro atoms. The van der Waals surface area contributed by atoms with E-state index in [2.05, 4.69) is 20.6 Å². The number of carbonyl (C=O) groups is 1. The van der Waals surface area contributed by atoms with Crippen molar-refractivity contribution in [1.82, 2.24) is 9.97 Å². The lowest BCUT2D eigenvalue weighted by Crippen LogP contribution is -2.15. The lowest BCUT2D eigenvalue weighted by Gasteiger charge is -2.11. The largest absolute Gasteiger partial charge is 0.491 e. The molecule has 2 N–H and O–H groups in total. The van der Waals surface area contributed by atoms with Gasteiger partial charge in [0.25, 0.3) is 5.91 Å². The number of nitrogens with zero attached hydrogens (tertiary/aromatic N) is 2. The SMILES string of the molecule is Cc1cccc(NC(=O)c2ccnc(Nc3ccc(OC(C)C)cc3)n2)c1C. The second kappa shape index (κ2) is 8.52.